The molecule has 1 atom stereocenters. The molecule has 1 N–H and O–H groups in total. The van der Waals surface area contributed by atoms with Crippen molar-refractivity contribution < 1.29 is 19.4 Å². The molecule has 2 aromatic rings. The molecule has 21 heavy (non-hydrogen) atoms. The number of hydrogen-bond acceptors (Lipinski definition) is 5. The third-order valence-electron chi connectivity index (χ3n) is 2.76. The molecule has 0 saturated carbocycles. The maximum atomic E-state index is 11.5. The fourth-order valence-electron chi connectivity index (χ4n) is 1.74. The summed E-state index contributed by atoms with van der Waals surface area (Å²) in [4.78, 5) is 15.6. The van der Waals surface area contributed by atoms with Crippen molar-refractivity contribution in [3.05, 3.63) is 59.8 Å². The van der Waals surface area contributed by atoms with Crippen LogP contribution in [0, 0.1) is 0 Å². The predicted octanol–water partition coefficient (Wildman–Crippen LogP) is 2.26. The van der Waals surface area contributed by atoms with Crippen LogP contribution in [0.2, 0.25) is 0 Å². The number of benzene rings is 1. The van der Waals surface area contributed by atoms with Gasteiger partial charge in [0.2, 0.25) is 5.88 Å². The van der Waals surface area contributed by atoms with Crippen LogP contribution in [0.15, 0.2) is 48.5 Å². The Bertz CT molecular complexity index is 586. The number of carbonyl (C=O) groups excluding carboxylic acids is 1. The number of carbonyl (C=O) groups is 1. The van der Waals surface area contributed by atoms with E-state index < -0.39 is 12.1 Å². The molecule has 0 amide bonds. The molecule has 1 aromatic carbocycles. The van der Waals surface area contributed by atoms with Crippen LogP contribution in [-0.2, 0) is 16.1 Å². The van der Waals surface area contributed by atoms with Gasteiger partial charge in [-0.15, -0.1) is 0 Å². The molecule has 0 fully saturated rings. The SMILES string of the molecule is CCOC(=O)C(O)c1cccc(OCc2ccccc2)n1. The summed E-state index contributed by atoms with van der Waals surface area (Å²) in [6, 6.07) is 14.6. The summed E-state index contributed by atoms with van der Waals surface area (Å²) in [6.07, 6.45) is -1.40. The largest absolute Gasteiger partial charge is 0.473 e. The van der Waals surface area contributed by atoms with Gasteiger partial charge in [-0.3, -0.25) is 0 Å². The van der Waals surface area contributed by atoms with Crippen molar-refractivity contribution in [1.82, 2.24) is 4.98 Å². The molecule has 0 bridgehead atoms. The van der Waals surface area contributed by atoms with Gasteiger partial charge in [0.1, 0.15) is 6.61 Å². The van der Waals surface area contributed by atoms with Crippen LogP contribution >= 0.6 is 0 Å². The highest BCUT2D eigenvalue weighted by molar-refractivity contribution is 5.75. The molecule has 1 heterocycles. The average Bonchev–Trinajstić information content (AvgIpc) is 2.54. The molecule has 0 spiro atoms. The third kappa shape index (κ3) is 4.29. The number of nitrogens with zero attached hydrogens (tertiary/aromatic N) is 1. The second-order valence-electron chi connectivity index (χ2n) is 4.33. The van der Waals surface area contributed by atoms with Crippen LogP contribution in [0.3, 0.4) is 0 Å². The van der Waals surface area contributed by atoms with Crippen molar-refractivity contribution in [2.75, 3.05) is 6.61 Å². The molecule has 0 aliphatic rings. The number of aliphatic hydroxyl groups is 1. The molecule has 2 rings (SSSR count). The zero-order valence-electron chi connectivity index (χ0n) is 11.7. The van der Waals surface area contributed by atoms with Gasteiger partial charge in [-0.1, -0.05) is 36.4 Å². The Labute approximate surface area is 123 Å². The van der Waals surface area contributed by atoms with E-state index in [1.807, 2.05) is 30.3 Å². The third-order valence-corrected chi connectivity index (χ3v) is 2.76. The van der Waals surface area contributed by atoms with Gasteiger partial charge >= 0.3 is 5.97 Å². The number of ether oxygens (including phenoxy) is 2. The normalized spacial score (nSPS) is 11.7. The lowest BCUT2D eigenvalue weighted by Gasteiger charge is -2.11. The first-order valence-electron chi connectivity index (χ1n) is 6.69. The number of esters is 1. The first-order chi connectivity index (χ1) is 10.2. The summed E-state index contributed by atoms with van der Waals surface area (Å²) in [6.45, 7) is 2.25. The zero-order valence-corrected chi connectivity index (χ0v) is 11.7. The summed E-state index contributed by atoms with van der Waals surface area (Å²) in [5.41, 5.74) is 1.22. The molecule has 110 valence electrons. The molecule has 0 aliphatic heterocycles. The fourth-order valence-corrected chi connectivity index (χ4v) is 1.74. The Morgan fingerprint density at radius 1 is 1.19 bits per heavy atom. The maximum absolute atomic E-state index is 11.5. The molecular weight excluding hydrogens is 270 g/mol. The second-order valence-corrected chi connectivity index (χ2v) is 4.33. The molecular formula is C16H17NO4. The van der Waals surface area contributed by atoms with Crippen molar-refractivity contribution in [2.45, 2.75) is 19.6 Å². The first-order valence-corrected chi connectivity index (χ1v) is 6.69. The minimum absolute atomic E-state index is 0.207. The highest BCUT2D eigenvalue weighted by Gasteiger charge is 2.20. The minimum Gasteiger partial charge on any atom is -0.473 e. The lowest BCUT2D eigenvalue weighted by Crippen LogP contribution is -2.16. The Morgan fingerprint density at radius 3 is 2.67 bits per heavy atom. The van der Waals surface area contributed by atoms with E-state index in [-0.39, 0.29) is 12.3 Å². The van der Waals surface area contributed by atoms with Crippen molar-refractivity contribution in [3.63, 3.8) is 0 Å². The minimum atomic E-state index is -1.40. The van der Waals surface area contributed by atoms with Gasteiger partial charge in [-0.05, 0) is 18.6 Å². The molecule has 0 radical (unpaired) electrons. The lowest BCUT2D eigenvalue weighted by molar-refractivity contribution is -0.153. The predicted molar refractivity (Wildman–Crippen MR) is 76.6 cm³/mol. The van der Waals surface area contributed by atoms with Gasteiger partial charge in [0.05, 0.1) is 12.3 Å². The summed E-state index contributed by atoms with van der Waals surface area (Å²) < 4.78 is 10.3. The van der Waals surface area contributed by atoms with Gasteiger partial charge in [-0.25, -0.2) is 9.78 Å². The van der Waals surface area contributed by atoms with Crippen molar-refractivity contribution >= 4 is 5.97 Å². The van der Waals surface area contributed by atoms with E-state index >= 15 is 0 Å². The summed E-state index contributed by atoms with van der Waals surface area (Å²) in [5, 5.41) is 9.84. The summed E-state index contributed by atoms with van der Waals surface area (Å²) >= 11 is 0. The Hall–Kier alpha value is -2.40. The van der Waals surface area contributed by atoms with E-state index in [0.29, 0.717) is 12.5 Å². The van der Waals surface area contributed by atoms with E-state index in [0.717, 1.165) is 5.56 Å². The highest BCUT2D eigenvalue weighted by atomic mass is 16.5. The van der Waals surface area contributed by atoms with E-state index in [1.165, 1.54) is 0 Å². The number of aromatic nitrogens is 1. The summed E-state index contributed by atoms with van der Waals surface area (Å²) in [7, 11) is 0. The van der Waals surface area contributed by atoms with Crippen LogP contribution in [-0.4, -0.2) is 22.7 Å². The van der Waals surface area contributed by atoms with E-state index in [4.69, 9.17) is 9.47 Å². The molecule has 1 aromatic heterocycles. The van der Waals surface area contributed by atoms with Gasteiger partial charge < -0.3 is 14.6 Å². The lowest BCUT2D eigenvalue weighted by atomic mass is 10.2. The molecule has 5 nitrogen and oxygen atoms in total. The number of aliphatic hydroxyl groups excluding tert-OH is 1. The topological polar surface area (TPSA) is 68.7 Å². The fraction of sp³-hybridized carbons (Fsp3) is 0.250. The van der Waals surface area contributed by atoms with Crippen LogP contribution < -0.4 is 4.74 Å². The molecule has 0 saturated heterocycles. The van der Waals surface area contributed by atoms with Crippen LogP contribution in [0.4, 0.5) is 0 Å². The van der Waals surface area contributed by atoms with Crippen LogP contribution in [0.5, 0.6) is 5.88 Å². The Balaban J connectivity index is 2.02. The van der Waals surface area contributed by atoms with Crippen molar-refractivity contribution in [2.24, 2.45) is 0 Å². The molecule has 0 aliphatic carbocycles. The maximum Gasteiger partial charge on any atom is 0.341 e. The molecule has 1 unspecified atom stereocenters. The Kier molecular flexibility index (Phi) is 5.29. The Morgan fingerprint density at radius 2 is 1.95 bits per heavy atom. The molecule has 5 heteroatoms. The van der Waals surface area contributed by atoms with Gasteiger partial charge in [0, 0.05) is 6.07 Å². The van der Waals surface area contributed by atoms with E-state index in [1.54, 1.807) is 25.1 Å². The van der Waals surface area contributed by atoms with E-state index in [9.17, 15) is 9.90 Å². The average molecular weight is 287 g/mol. The van der Waals surface area contributed by atoms with Crippen molar-refractivity contribution in [1.29, 1.82) is 0 Å². The standard InChI is InChI=1S/C16H17NO4/c1-2-20-16(19)15(18)13-9-6-10-14(17-13)21-11-12-7-4-3-5-8-12/h3-10,15,18H,2,11H2,1H3. The highest BCUT2D eigenvalue weighted by Crippen LogP contribution is 2.16. The van der Waals surface area contributed by atoms with Crippen LogP contribution in [0.1, 0.15) is 24.3 Å². The smallest absolute Gasteiger partial charge is 0.341 e. The van der Waals surface area contributed by atoms with Gasteiger partial charge in [-0.2, -0.15) is 0 Å². The van der Waals surface area contributed by atoms with Crippen LogP contribution in [0.25, 0.3) is 0 Å². The zero-order chi connectivity index (χ0) is 15.1. The number of pyridine rings is 1. The quantitative estimate of drug-likeness (QED) is 0.825. The van der Waals surface area contributed by atoms with Crippen molar-refractivity contribution in [3.8, 4) is 5.88 Å². The van der Waals surface area contributed by atoms with Gasteiger partial charge in [0.15, 0.2) is 6.10 Å². The number of hydrogen-bond donors (Lipinski definition) is 1. The number of rotatable bonds is 6. The van der Waals surface area contributed by atoms with E-state index in [2.05, 4.69) is 4.98 Å². The second kappa shape index (κ2) is 7.40. The summed E-state index contributed by atoms with van der Waals surface area (Å²) in [5.74, 6) is -0.370. The monoisotopic (exact) mass is 287 g/mol. The van der Waals surface area contributed by atoms with Gasteiger partial charge in [0.25, 0.3) is 0 Å². The first kappa shape index (κ1) is 15.0.